The van der Waals surface area contributed by atoms with Crippen molar-refractivity contribution in [3.8, 4) is 0 Å². The first-order chi connectivity index (χ1) is 9.70. The number of amides is 2. The van der Waals surface area contributed by atoms with Gasteiger partial charge in [0.05, 0.1) is 18.5 Å². The summed E-state index contributed by atoms with van der Waals surface area (Å²) in [7, 11) is -3.39. The summed E-state index contributed by atoms with van der Waals surface area (Å²) in [5.41, 5.74) is 1.58. The first kappa shape index (κ1) is 17.3. The number of hydrogen-bond acceptors (Lipinski definition) is 3. The van der Waals surface area contributed by atoms with Gasteiger partial charge in [-0.1, -0.05) is 12.1 Å². The molecule has 0 saturated carbocycles. The van der Waals surface area contributed by atoms with E-state index in [1.54, 1.807) is 12.1 Å². The van der Waals surface area contributed by atoms with Crippen molar-refractivity contribution in [2.45, 2.75) is 26.8 Å². The number of sulfonamides is 1. The van der Waals surface area contributed by atoms with Gasteiger partial charge in [-0.15, -0.1) is 0 Å². The van der Waals surface area contributed by atoms with E-state index in [0.717, 1.165) is 11.8 Å². The summed E-state index contributed by atoms with van der Waals surface area (Å²) in [5, 5.41) is 5.33. The molecule has 0 spiro atoms. The monoisotopic (exact) mass is 313 g/mol. The molecule has 0 fully saturated rings. The summed E-state index contributed by atoms with van der Waals surface area (Å²) in [6.07, 6.45) is 1.16. The Morgan fingerprint density at radius 3 is 2.52 bits per heavy atom. The fourth-order valence-corrected chi connectivity index (χ4v) is 2.77. The molecule has 7 heteroatoms. The Hall–Kier alpha value is -1.76. The van der Waals surface area contributed by atoms with Crippen LogP contribution in [0, 0.1) is 6.92 Å². The fourth-order valence-electron chi connectivity index (χ4n) is 1.85. The number of rotatable bonds is 6. The zero-order valence-electron chi connectivity index (χ0n) is 12.9. The van der Waals surface area contributed by atoms with Crippen molar-refractivity contribution in [2.24, 2.45) is 0 Å². The largest absolute Gasteiger partial charge is 0.336 e. The number of hydrogen-bond donors (Lipinski definition) is 2. The maximum absolute atomic E-state index is 11.9. The maximum atomic E-state index is 11.9. The number of urea groups is 1. The van der Waals surface area contributed by atoms with E-state index in [0.29, 0.717) is 5.69 Å². The van der Waals surface area contributed by atoms with Crippen LogP contribution in [0.4, 0.5) is 10.5 Å². The van der Waals surface area contributed by atoms with Crippen LogP contribution in [0.25, 0.3) is 0 Å². The molecule has 2 amide bonds. The van der Waals surface area contributed by atoms with Gasteiger partial charge in [-0.3, -0.25) is 4.31 Å². The molecule has 0 aliphatic carbocycles. The van der Waals surface area contributed by atoms with E-state index >= 15 is 0 Å². The Labute approximate surface area is 126 Å². The molecule has 0 bridgehead atoms. The van der Waals surface area contributed by atoms with Crippen LogP contribution < -0.4 is 14.9 Å². The SMILES string of the molecule is Cc1cccc(N(CCNC(=O)NC(C)C)S(C)(=O)=O)c1. The van der Waals surface area contributed by atoms with E-state index in [1.165, 1.54) is 4.31 Å². The van der Waals surface area contributed by atoms with Crippen molar-refractivity contribution >= 4 is 21.7 Å². The predicted molar refractivity (Wildman–Crippen MR) is 85.0 cm³/mol. The highest BCUT2D eigenvalue weighted by molar-refractivity contribution is 7.92. The molecule has 1 rings (SSSR count). The summed E-state index contributed by atoms with van der Waals surface area (Å²) in [5.74, 6) is 0. The third-order valence-electron chi connectivity index (χ3n) is 2.71. The van der Waals surface area contributed by atoms with E-state index in [4.69, 9.17) is 0 Å². The van der Waals surface area contributed by atoms with Crippen LogP contribution in [0.1, 0.15) is 19.4 Å². The molecule has 0 saturated heterocycles. The van der Waals surface area contributed by atoms with Gasteiger partial charge in [0, 0.05) is 12.6 Å². The van der Waals surface area contributed by atoms with E-state index in [2.05, 4.69) is 10.6 Å². The quantitative estimate of drug-likeness (QED) is 0.835. The lowest BCUT2D eigenvalue weighted by Crippen LogP contribution is -2.43. The Morgan fingerprint density at radius 2 is 2.00 bits per heavy atom. The van der Waals surface area contributed by atoms with Gasteiger partial charge in [0.25, 0.3) is 0 Å². The zero-order valence-corrected chi connectivity index (χ0v) is 13.7. The van der Waals surface area contributed by atoms with Gasteiger partial charge in [-0.2, -0.15) is 0 Å². The molecule has 0 atom stereocenters. The average Bonchev–Trinajstić information content (AvgIpc) is 2.32. The second-order valence-corrected chi connectivity index (χ2v) is 7.14. The van der Waals surface area contributed by atoms with Gasteiger partial charge in [-0.05, 0) is 38.5 Å². The molecule has 6 nitrogen and oxygen atoms in total. The van der Waals surface area contributed by atoms with Crippen LogP contribution in [0.2, 0.25) is 0 Å². The molecule has 1 aromatic rings. The third-order valence-corrected chi connectivity index (χ3v) is 3.90. The first-order valence-corrected chi connectivity index (χ1v) is 8.63. The standard InChI is InChI=1S/C14H23N3O3S/c1-11(2)16-14(18)15-8-9-17(21(4,19)20)13-7-5-6-12(3)10-13/h5-7,10-11H,8-9H2,1-4H3,(H2,15,16,18). The fraction of sp³-hybridized carbons (Fsp3) is 0.500. The molecule has 118 valence electrons. The molecule has 0 aliphatic heterocycles. The maximum Gasteiger partial charge on any atom is 0.315 e. The van der Waals surface area contributed by atoms with Crippen molar-refractivity contribution in [3.05, 3.63) is 29.8 Å². The van der Waals surface area contributed by atoms with Crippen molar-refractivity contribution in [2.75, 3.05) is 23.7 Å². The highest BCUT2D eigenvalue weighted by Crippen LogP contribution is 2.18. The normalized spacial score (nSPS) is 11.3. The van der Waals surface area contributed by atoms with Gasteiger partial charge in [-0.25, -0.2) is 13.2 Å². The summed E-state index contributed by atoms with van der Waals surface area (Å²) in [6, 6.07) is 6.98. The van der Waals surface area contributed by atoms with Crippen molar-refractivity contribution in [1.29, 1.82) is 0 Å². The van der Waals surface area contributed by atoms with Gasteiger partial charge < -0.3 is 10.6 Å². The molecule has 0 heterocycles. The lowest BCUT2D eigenvalue weighted by atomic mass is 10.2. The lowest BCUT2D eigenvalue weighted by molar-refractivity contribution is 0.239. The lowest BCUT2D eigenvalue weighted by Gasteiger charge is -2.23. The topological polar surface area (TPSA) is 78.5 Å². The minimum absolute atomic E-state index is 0.0350. The molecular weight excluding hydrogens is 290 g/mol. The van der Waals surface area contributed by atoms with Crippen LogP contribution in [0.5, 0.6) is 0 Å². The molecule has 0 unspecified atom stereocenters. The van der Waals surface area contributed by atoms with Crippen molar-refractivity contribution < 1.29 is 13.2 Å². The van der Waals surface area contributed by atoms with E-state index in [9.17, 15) is 13.2 Å². The Morgan fingerprint density at radius 1 is 1.33 bits per heavy atom. The van der Waals surface area contributed by atoms with Crippen LogP contribution in [0.3, 0.4) is 0 Å². The van der Waals surface area contributed by atoms with Gasteiger partial charge in [0.15, 0.2) is 0 Å². The average molecular weight is 313 g/mol. The molecule has 2 N–H and O–H groups in total. The Balaban J connectivity index is 2.71. The van der Waals surface area contributed by atoms with E-state index in [-0.39, 0.29) is 25.2 Å². The number of carbonyl (C=O) groups excluding carboxylic acids is 1. The van der Waals surface area contributed by atoms with Crippen LogP contribution in [0.15, 0.2) is 24.3 Å². The third kappa shape index (κ3) is 6.03. The molecule has 0 aliphatic rings. The molecule has 0 aromatic heterocycles. The molecule has 21 heavy (non-hydrogen) atoms. The second kappa shape index (κ2) is 7.31. The molecule has 1 aromatic carbocycles. The first-order valence-electron chi connectivity index (χ1n) is 6.79. The molecule has 0 radical (unpaired) electrons. The highest BCUT2D eigenvalue weighted by Gasteiger charge is 2.17. The van der Waals surface area contributed by atoms with Crippen molar-refractivity contribution in [3.63, 3.8) is 0 Å². The summed E-state index contributed by atoms with van der Waals surface area (Å²) in [6.45, 7) is 6.04. The van der Waals surface area contributed by atoms with E-state index in [1.807, 2.05) is 32.9 Å². The number of nitrogens with one attached hydrogen (secondary N) is 2. The number of anilines is 1. The summed E-state index contributed by atoms with van der Waals surface area (Å²) < 4.78 is 25.1. The number of aryl methyl sites for hydroxylation is 1. The van der Waals surface area contributed by atoms with Crippen LogP contribution in [-0.2, 0) is 10.0 Å². The Kier molecular flexibility index (Phi) is 6.02. The van der Waals surface area contributed by atoms with E-state index < -0.39 is 10.0 Å². The second-order valence-electron chi connectivity index (χ2n) is 5.23. The minimum atomic E-state index is -3.39. The summed E-state index contributed by atoms with van der Waals surface area (Å²) in [4.78, 5) is 11.5. The smallest absolute Gasteiger partial charge is 0.315 e. The minimum Gasteiger partial charge on any atom is -0.336 e. The van der Waals surface area contributed by atoms with Crippen molar-refractivity contribution in [1.82, 2.24) is 10.6 Å². The van der Waals surface area contributed by atoms with Gasteiger partial charge in [0.2, 0.25) is 10.0 Å². The zero-order chi connectivity index (χ0) is 16.0. The number of benzene rings is 1. The number of nitrogens with zero attached hydrogens (tertiary/aromatic N) is 1. The summed E-state index contributed by atoms with van der Waals surface area (Å²) >= 11 is 0. The number of carbonyl (C=O) groups is 1. The highest BCUT2D eigenvalue weighted by atomic mass is 32.2. The van der Waals surface area contributed by atoms with Crippen LogP contribution >= 0.6 is 0 Å². The van der Waals surface area contributed by atoms with Gasteiger partial charge in [0.1, 0.15) is 0 Å². The Bertz CT molecular complexity index is 585. The van der Waals surface area contributed by atoms with Gasteiger partial charge >= 0.3 is 6.03 Å². The predicted octanol–water partition coefficient (Wildman–Crippen LogP) is 1.47. The van der Waals surface area contributed by atoms with Crippen LogP contribution in [-0.4, -0.2) is 39.8 Å². The molecular formula is C14H23N3O3S.